The van der Waals surface area contributed by atoms with Gasteiger partial charge in [0.1, 0.15) is 0 Å². The van der Waals surface area contributed by atoms with Gasteiger partial charge in [0.05, 0.1) is 13.0 Å². The molecule has 1 amide bonds. The van der Waals surface area contributed by atoms with E-state index in [-0.39, 0.29) is 24.2 Å². The Bertz CT molecular complexity index is 484. The largest absolute Gasteiger partial charge is 0.469 e. The monoisotopic (exact) mass is 261 g/mol. The quantitative estimate of drug-likeness (QED) is 0.779. The van der Waals surface area contributed by atoms with Crippen LogP contribution in [0.5, 0.6) is 0 Å². The van der Waals surface area contributed by atoms with Crippen molar-refractivity contribution in [1.29, 1.82) is 0 Å². The fourth-order valence-corrected chi connectivity index (χ4v) is 2.54. The number of carbonyl (C=O) groups excluding carboxylic acids is 2. The average molecular weight is 261 g/mol. The molecule has 0 fully saturated rings. The first-order valence-corrected chi connectivity index (χ1v) is 6.53. The number of carbonyl (C=O) groups is 2. The van der Waals surface area contributed by atoms with Crippen molar-refractivity contribution in [1.82, 2.24) is 4.90 Å². The van der Waals surface area contributed by atoms with Crippen molar-refractivity contribution in [2.75, 3.05) is 20.7 Å². The van der Waals surface area contributed by atoms with Crippen LogP contribution in [0.3, 0.4) is 0 Å². The van der Waals surface area contributed by atoms with Crippen molar-refractivity contribution in [3.05, 3.63) is 35.4 Å². The van der Waals surface area contributed by atoms with Crippen molar-refractivity contribution in [2.24, 2.45) is 0 Å². The summed E-state index contributed by atoms with van der Waals surface area (Å²) in [6, 6.07) is 8.00. The smallest absolute Gasteiger partial charge is 0.305 e. The summed E-state index contributed by atoms with van der Waals surface area (Å²) in [7, 11) is 3.19. The van der Waals surface area contributed by atoms with Crippen LogP contribution in [0.4, 0.5) is 0 Å². The third-order valence-corrected chi connectivity index (χ3v) is 3.69. The van der Waals surface area contributed by atoms with Gasteiger partial charge in [-0.05, 0) is 24.0 Å². The van der Waals surface area contributed by atoms with Crippen molar-refractivity contribution in [3.63, 3.8) is 0 Å². The Morgan fingerprint density at radius 1 is 1.42 bits per heavy atom. The molecule has 0 unspecified atom stereocenters. The molecule has 0 aromatic heterocycles. The van der Waals surface area contributed by atoms with Gasteiger partial charge in [-0.25, -0.2) is 0 Å². The van der Waals surface area contributed by atoms with Gasteiger partial charge < -0.3 is 9.64 Å². The summed E-state index contributed by atoms with van der Waals surface area (Å²) in [5, 5.41) is 0. The molecule has 1 aromatic carbocycles. The highest BCUT2D eigenvalue weighted by molar-refractivity contribution is 5.85. The first-order valence-electron chi connectivity index (χ1n) is 6.53. The molecule has 1 heterocycles. The van der Waals surface area contributed by atoms with Crippen LogP contribution in [0.2, 0.25) is 0 Å². The molecular formula is C15H19NO3. The molecule has 0 saturated heterocycles. The topological polar surface area (TPSA) is 46.6 Å². The summed E-state index contributed by atoms with van der Waals surface area (Å²) < 4.78 is 4.66. The summed E-state index contributed by atoms with van der Waals surface area (Å²) >= 11 is 0. The number of hydrogen-bond donors (Lipinski definition) is 0. The zero-order chi connectivity index (χ0) is 13.8. The number of fused-ring (bicyclic) bond motifs is 1. The van der Waals surface area contributed by atoms with Gasteiger partial charge in [0.2, 0.25) is 5.91 Å². The molecular weight excluding hydrogens is 242 g/mol. The lowest BCUT2D eigenvalue weighted by Gasteiger charge is -2.20. The number of rotatable bonds is 3. The van der Waals surface area contributed by atoms with Crippen molar-refractivity contribution in [3.8, 4) is 0 Å². The van der Waals surface area contributed by atoms with Crippen molar-refractivity contribution >= 4 is 11.9 Å². The van der Waals surface area contributed by atoms with Gasteiger partial charge in [-0.3, -0.25) is 9.59 Å². The maximum atomic E-state index is 12.4. The standard InChI is InChI=1S/C15H19NO3/c1-16-10-9-11-5-3-4-6-12(11)13(15(16)18)7-8-14(17)19-2/h3-6,13H,7-10H2,1-2H3/t13-/m0/s1. The highest BCUT2D eigenvalue weighted by Crippen LogP contribution is 2.29. The molecule has 0 radical (unpaired) electrons. The Hall–Kier alpha value is -1.84. The number of methoxy groups -OCH3 is 1. The molecule has 4 nitrogen and oxygen atoms in total. The number of ether oxygens (including phenoxy) is 1. The van der Waals surface area contributed by atoms with Crippen LogP contribution in [0.25, 0.3) is 0 Å². The summed E-state index contributed by atoms with van der Waals surface area (Å²) in [5.74, 6) is -0.408. The number of amides is 1. The summed E-state index contributed by atoms with van der Waals surface area (Å²) in [6.45, 7) is 0.727. The zero-order valence-corrected chi connectivity index (χ0v) is 11.4. The van der Waals surface area contributed by atoms with E-state index in [1.807, 2.05) is 25.2 Å². The number of likely N-dealkylation sites (N-methyl/N-ethyl adjacent to an activating group) is 1. The van der Waals surface area contributed by atoms with Crippen molar-refractivity contribution < 1.29 is 14.3 Å². The van der Waals surface area contributed by atoms with Crippen LogP contribution >= 0.6 is 0 Å². The third kappa shape index (κ3) is 2.95. The van der Waals surface area contributed by atoms with Gasteiger partial charge in [-0.2, -0.15) is 0 Å². The highest BCUT2D eigenvalue weighted by atomic mass is 16.5. The number of hydrogen-bond acceptors (Lipinski definition) is 3. The minimum atomic E-state index is -0.266. The SMILES string of the molecule is COC(=O)CC[C@@H]1C(=O)N(C)CCc2ccccc21. The minimum absolute atomic E-state index is 0.0915. The molecule has 0 N–H and O–H groups in total. The van der Waals surface area contributed by atoms with Crippen LogP contribution in [0.15, 0.2) is 24.3 Å². The molecule has 1 aromatic rings. The Morgan fingerprint density at radius 2 is 2.16 bits per heavy atom. The predicted molar refractivity (Wildman–Crippen MR) is 71.8 cm³/mol. The van der Waals surface area contributed by atoms with E-state index in [0.717, 1.165) is 18.5 Å². The lowest BCUT2D eigenvalue weighted by atomic mass is 9.90. The molecule has 1 aliphatic rings. The first-order chi connectivity index (χ1) is 9.13. The van der Waals surface area contributed by atoms with Gasteiger partial charge in [0.25, 0.3) is 0 Å². The maximum absolute atomic E-state index is 12.4. The fourth-order valence-electron chi connectivity index (χ4n) is 2.54. The maximum Gasteiger partial charge on any atom is 0.305 e. The Kier molecular flexibility index (Phi) is 4.20. The van der Waals surface area contributed by atoms with E-state index in [9.17, 15) is 9.59 Å². The van der Waals surface area contributed by atoms with E-state index in [2.05, 4.69) is 10.8 Å². The number of benzene rings is 1. The van der Waals surface area contributed by atoms with E-state index < -0.39 is 0 Å². The molecule has 4 heteroatoms. The van der Waals surface area contributed by atoms with Gasteiger partial charge in [0, 0.05) is 20.0 Å². The van der Waals surface area contributed by atoms with E-state index in [1.165, 1.54) is 12.7 Å². The molecule has 1 aliphatic heterocycles. The average Bonchev–Trinajstić information content (AvgIpc) is 2.55. The predicted octanol–water partition coefficient (Wildman–Crippen LogP) is 1.74. The Balaban J connectivity index is 2.25. The molecule has 0 spiro atoms. The summed E-state index contributed by atoms with van der Waals surface area (Å²) in [5.41, 5.74) is 2.26. The van der Waals surface area contributed by atoms with Crippen LogP contribution in [0.1, 0.15) is 29.9 Å². The van der Waals surface area contributed by atoms with E-state index in [1.54, 1.807) is 4.90 Å². The van der Waals surface area contributed by atoms with E-state index in [4.69, 9.17) is 0 Å². The third-order valence-electron chi connectivity index (χ3n) is 3.69. The second-order valence-corrected chi connectivity index (χ2v) is 4.88. The van der Waals surface area contributed by atoms with Gasteiger partial charge in [-0.1, -0.05) is 24.3 Å². The van der Waals surface area contributed by atoms with Crippen LogP contribution in [-0.4, -0.2) is 37.5 Å². The first kappa shape index (κ1) is 13.6. The minimum Gasteiger partial charge on any atom is -0.469 e. The van der Waals surface area contributed by atoms with Crippen LogP contribution in [0, 0.1) is 0 Å². The lowest BCUT2D eigenvalue weighted by molar-refractivity contribution is -0.141. The van der Waals surface area contributed by atoms with Gasteiger partial charge in [0.15, 0.2) is 0 Å². The van der Waals surface area contributed by atoms with Gasteiger partial charge in [-0.15, -0.1) is 0 Å². The summed E-state index contributed by atoms with van der Waals surface area (Å²) in [4.78, 5) is 25.4. The Labute approximate surface area is 113 Å². The fraction of sp³-hybridized carbons (Fsp3) is 0.467. The van der Waals surface area contributed by atoms with Crippen LogP contribution in [-0.2, 0) is 20.7 Å². The second-order valence-electron chi connectivity index (χ2n) is 4.88. The zero-order valence-electron chi connectivity index (χ0n) is 11.4. The highest BCUT2D eigenvalue weighted by Gasteiger charge is 2.29. The van der Waals surface area contributed by atoms with Gasteiger partial charge >= 0.3 is 5.97 Å². The van der Waals surface area contributed by atoms with Crippen molar-refractivity contribution in [2.45, 2.75) is 25.2 Å². The van der Waals surface area contributed by atoms with E-state index >= 15 is 0 Å². The molecule has 0 aliphatic carbocycles. The number of esters is 1. The number of nitrogens with zero attached hydrogens (tertiary/aromatic N) is 1. The Morgan fingerprint density at radius 3 is 2.89 bits per heavy atom. The molecule has 19 heavy (non-hydrogen) atoms. The summed E-state index contributed by atoms with van der Waals surface area (Å²) in [6.07, 6.45) is 1.65. The molecule has 102 valence electrons. The molecule has 0 bridgehead atoms. The lowest BCUT2D eigenvalue weighted by Crippen LogP contribution is -2.31. The molecule has 0 saturated carbocycles. The molecule has 2 rings (SSSR count). The van der Waals surface area contributed by atoms with Crippen LogP contribution < -0.4 is 0 Å². The second kappa shape index (κ2) is 5.87. The normalized spacial score (nSPS) is 18.7. The molecule has 1 atom stereocenters. The van der Waals surface area contributed by atoms with E-state index in [0.29, 0.717) is 6.42 Å².